The lowest BCUT2D eigenvalue weighted by atomic mass is 10.2. The Morgan fingerprint density at radius 3 is 2.60 bits per heavy atom. The second kappa shape index (κ2) is 8.09. The largest absolute Gasteiger partial charge is 0.343 e. The Bertz CT molecular complexity index is 857. The minimum Gasteiger partial charge on any atom is -0.343 e. The molecule has 0 aliphatic heterocycles. The van der Waals surface area contributed by atoms with E-state index in [9.17, 15) is 19.7 Å². The van der Waals surface area contributed by atoms with Crippen molar-refractivity contribution >= 4 is 50.7 Å². The number of hydrogen-bond acceptors (Lipinski definition) is 4. The number of nitrogens with one attached hydrogen (secondary N) is 2. The highest BCUT2D eigenvalue weighted by Crippen LogP contribution is 2.21. The van der Waals surface area contributed by atoms with Crippen LogP contribution in [0.1, 0.15) is 15.9 Å². The van der Waals surface area contributed by atoms with Crippen LogP contribution >= 0.6 is 27.5 Å². The maximum absolute atomic E-state index is 12.1. The van der Waals surface area contributed by atoms with Crippen molar-refractivity contribution in [3.63, 3.8) is 0 Å². The summed E-state index contributed by atoms with van der Waals surface area (Å²) in [6, 6.07) is 8.89. The number of aryl methyl sites for hydroxylation is 1. The fourth-order valence-electron chi connectivity index (χ4n) is 2.04. The summed E-state index contributed by atoms with van der Waals surface area (Å²) in [4.78, 5) is 34.2. The molecule has 2 aromatic carbocycles. The lowest BCUT2D eigenvalue weighted by Gasteiger charge is -2.10. The summed E-state index contributed by atoms with van der Waals surface area (Å²) in [5.74, 6) is -1.05. The first-order valence-corrected chi connectivity index (χ1v) is 8.22. The quantitative estimate of drug-likeness (QED) is 0.562. The number of amides is 2. The van der Waals surface area contributed by atoms with E-state index in [0.29, 0.717) is 5.69 Å². The average Bonchev–Trinajstić information content (AvgIpc) is 2.54. The third-order valence-electron chi connectivity index (χ3n) is 3.23. The molecule has 0 radical (unpaired) electrons. The fraction of sp³-hybridized carbons (Fsp3) is 0.125. The Labute approximate surface area is 156 Å². The van der Waals surface area contributed by atoms with Crippen molar-refractivity contribution in [2.24, 2.45) is 0 Å². The molecule has 7 nitrogen and oxygen atoms in total. The first-order valence-electron chi connectivity index (χ1n) is 7.05. The van der Waals surface area contributed by atoms with E-state index in [0.717, 1.165) is 22.2 Å². The van der Waals surface area contributed by atoms with Gasteiger partial charge in [0.1, 0.15) is 0 Å². The number of benzene rings is 2. The summed E-state index contributed by atoms with van der Waals surface area (Å²) in [5, 5.41) is 15.9. The number of nitrogens with zero attached hydrogens (tertiary/aromatic N) is 1. The molecule has 0 bridgehead atoms. The molecule has 0 fully saturated rings. The lowest BCUT2D eigenvalue weighted by Crippen LogP contribution is -2.33. The highest BCUT2D eigenvalue weighted by Gasteiger charge is 2.15. The number of rotatable bonds is 5. The fourth-order valence-corrected chi connectivity index (χ4v) is 2.74. The normalized spacial score (nSPS) is 10.2. The third kappa shape index (κ3) is 5.27. The summed E-state index contributed by atoms with van der Waals surface area (Å²) in [6.45, 7) is 1.55. The Hall–Kier alpha value is -2.45. The zero-order valence-corrected chi connectivity index (χ0v) is 15.3. The Morgan fingerprint density at radius 2 is 1.96 bits per heavy atom. The second-order valence-corrected chi connectivity index (χ2v) is 6.50. The highest BCUT2D eigenvalue weighted by molar-refractivity contribution is 9.10. The van der Waals surface area contributed by atoms with Crippen molar-refractivity contribution in [3.05, 3.63) is 67.1 Å². The van der Waals surface area contributed by atoms with Gasteiger partial charge in [0.05, 0.1) is 11.5 Å². The summed E-state index contributed by atoms with van der Waals surface area (Å²) >= 11 is 9.10. The van der Waals surface area contributed by atoms with Gasteiger partial charge in [-0.15, -0.1) is 0 Å². The van der Waals surface area contributed by atoms with Gasteiger partial charge in [-0.05, 0) is 36.8 Å². The van der Waals surface area contributed by atoms with E-state index >= 15 is 0 Å². The molecule has 0 aliphatic carbocycles. The molecule has 0 heterocycles. The maximum Gasteiger partial charge on any atom is 0.271 e. The standard InChI is InChI=1S/C16H13BrClN3O4/c1-9-4-11(17)2-3-14(9)20-15(22)8-19-16(23)10-5-12(18)7-13(6-10)21(24)25/h2-7H,8H2,1H3,(H,19,23)(H,20,22). The van der Waals surface area contributed by atoms with Crippen LogP contribution in [0.5, 0.6) is 0 Å². The predicted molar refractivity (Wildman–Crippen MR) is 97.9 cm³/mol. The molecular weight excluding hydrogens is 414 g/mol. The monoisotopic (exact) mass is 425 g/mol. The molecule has 2 rings (SSSR count). The maximum atomic E-state index is 12.1. The van der Waals surface area contributed by atoms with Crippen molar-refractivity contribution in [1.29, 1.82) is 0 Å². The van der Waals surface area contributed by atoms with Gasteiger partial charge in [-0.3, -0.25) is 19.7 Å². The summed E-state index contributed by atoms with van der Waals surface area (Å²) in [7, 11) is 0. The molecule has 2 N–H and O–H groups in total. The number of halogens is 2. The minimum absolute atomic E-state index is 0.00632. The van der Waals surface area contributed by atoms with Crippen LogP contribution in [-0.2, 0) is 4.79 Å². The Morgan fingerprint density at radius 1 is 1.24 bits per heavy atom. The molecular formula is C16H13BrClN3O4. The van der Waals surface area contributed by atoms with Crippen LogP contribution in [0.3, 0.4) is 0 Å². The zero-order valence-electron chi connectivity index (χ0n) is 13.0. The van der Waals surface area contributed by atoms with Gasteiger partial charge in [-0.1, -0.05) is 27.5 Å². The summed E-state index contributed by atoms with van der Waals surface area (Å²) < 4.78 is 0.888. The van der Waals surface area contributed by atoms with Gasteiger partial charge in [-0.2, -0.15) is 0 Å². The Kier molecular flexibility index (Phi) is 6.11. The SMILES string of the molecule is Cc1cc(Br)ccc1NC(=O)CNC(=O)c1cc(Cl)cc([N+](=O)[O-])c1. The van der Waals surface area contributed by atoms with E-state index in [1.54, 1.807) is 12.1 Å². The molecule has 0 unspecified atom stereocenters. The van der Waals surface area contributed by atoms with E-state index < -0.39 is 16.7 Å². The van der Waals surface area contributed by atoms with E-state index in [1.807, 2.05) is 13.0 Å². The predicted octanol–water partition coefficient (Wildman–Crippen LogP) is 3.69. The smallest absolute Gasteiger partial charge is 0.271 e. The molecule has 9 heteroatoms. The van der Waals surface area contributed by atoms with Gasteiger partial charge in [-0.25, -0.2) is 0 Å². The highest BCUT2D eigenvalue weighted by atomic mass is 79.9. The van der Waals surface area contributed by atoms with Crippen molar-refractivity contribution in [1.82, 2.24) is 5.32 Å². The minimum atomic E-state index is -0.647. The number of hydrogen-bond donors (Lipinski definition) is 2. The van der Waals surface area contributed by atoms with Crippen LogP contribution in [0, 0.1) is 17.0 Å². The van der Waals surface area contributed by atoms with Gasteiger partial charge >= 0.3 is 0 Å². The number of non-ortho nitro benzene ring substituents is 1. The number of carbonyl (C=O) groups is 2. The van der Waals surface area contributed by atoms with Crippen LogP contribution < -0.4 is 10.6 Å². The zero-order chi connectivity index (χ0) is 18.6. The molecule has 0 aliphatic rings. The number of anilines is 1. The van der Waals surface area contributed by atoms with Gasteiger partial charge < -0.3 is 10.6 Å². The summed E-state index contributed by atoms with van der Waals surface area (Å²) in [6.07, 6.45) is 0. The van der Waals surface area contributed by atoms with E-state index in [-0.39, 0.29) is 22.8 Å². The van der Waals surface area contributed by atoms with E-state index in [2.05, 4.69) is 26.6 Å². The van der Waals surface area contributed by atoms with Crippen molar-refractivity contribution in [2.75, 3.05) is 11.9 Å². The van der Waals surface area contributed by atoms with Crippen LogP contribution in [0.4, 0.5) is 11.4 Å². The topological polar surface area (TPSA) is 101 Å². The Balaban J connectivity index is 2.00. The molecule has 0 aromatic heterocycles. The van der Waals surface area contributed by atoms with Crippen LogP contribution in [-0.4, -0.2) is 23.3 Å². The van der Waals surface area contributed by atoms with Gasteiger partial charge in [0.2, 0.25) is 5.91 Å². The van der Waals surface area contributed by atoms with Gasteiger partial charge in [0.25, 0.3) is 11.6 Å². The molecule has 25 heavy (non-hydrogen) atoms. The average molecular weight is 427 g/mol. The lowest BCUT2D eigenvalue weighted by molar-refractivity contribution is -0.384. The number of nitro benzene ring substituents is 1. The van der Waals surface area contributed by atoms with Crippen molar-refractivity contribution in [3.8, 4) is 0 Å². The van der Waals surface area contributed by atoms with E-state index in [4.69, 9.17) is 11.6 Å². The van der Waals surface area contributed by atoms with Gasteiger partial charge in [0.15, 0.2) is 0 Å². The van der Waals surface area contributed by atoms with Crippen LogP contribution in [0.25, 0.3) is 0 Å². The molecule has 0 spiro atoms. The first-order chi connectivity index (χ1) is 11.8. The molecule has 0 saturated carbocycles. The second-order valence-electron chi connectivity index (χ2n) is 5.15. The van der Waals surface area contributed by atoms with Crippen LogP contribution in [0.15, 0.2) is 40.9 Å². The number of carbonyl (C=O) groups excluding carboxylic acids is 2. The van der Waals surface area contributed by atoms with E-state index in [1.165, 1.54) is 6.07 Å². The molecule has 130 valence electrons. The van der Waals surface area contributed by atoms with Crippen molar-refractivity contribution < 1.29 is 14.5 Å². The number of nitro groups is 1. The molecule has 0 atom stereocenters. The first kappa shape index (κ1) is 18.9. The van der Waals surface area contributed by atoms with Gasteiger partial charge in [0, 0.05) is 32.9 Å². The molecule has 2 aromatic rings. The van der Waals surface area contributed by atoms with Crippen molar-refractivity contribution in [2.45, 2.75) is 6.92 Å². The molecule has 0 saturated heterocycles. The molecule has 2 amide bonds. The third-order valence-corrected chi connectivity index (χ3v) is 3.94. The summed E-state index contributed by atoms with van der Waals surface area (Å²) in [5.41, 5.74) is 1.19. The van der Waals surface area contributed by atoms with Crippen LogP contribution in [0.2, 0.25) is 5.02 Å².